The molecule has 0 bridgehead atoms. The molecular formula is C22H21FN2O4. The van der Waals surface area contributed by atoms with Crippen molar-refractivity contribution >= 4 is 17.7 Å². The number of hydrogen-bond acceptors (Lipinski definition) is 4. The van der Waals surface area contributed by atoms with E-state index in [9.17, 15) is 18.8 Å². The van der Waals surface area contributed by atoms with Crippen LogP contribution in [0.2, 0.25) is 0 Å². The molecular weight excluding hydrogens is 375 g/mol. The van der Waals surface area contributed by atoms with E-state index in [1.165, 1.54) is 30.4 Å². The molecule has 29 heavy (non-hydrogen) atoms. The fourth-order valence-electron chi connectivity index (χ4n) is 3.99. The molecule has 6 nitrogen and oxygen atoms in total. The molecule has 2 aliphatic rings. The zero-order valence-corrected chi connectivity index (χ0v) is 16.3. The number of Topliss-reactive ketones (excluding diaryl/α,β-unsaturated/α-hetero) is 1. The van der Waals surface area contributed by atoms with Gasteiger partial charge in [-0.3, -0.25) is 14.5 Å². The Hall–Kier alpha value is -3.22. The quantitative estimate of drug-likeness (QED) is 0.623. The molecule has 1 saturated heterocycles. The van der Waals surface area contributed by atoms with E-state index in [1.54, 1.807) is 6.92 Å². The lowest BCUT2D eigenvalue weighted by atomic mass is 9.89. The van der Waals surface area contributed by atoms with Crippen LogP contribution in [0.3, 0.4) is 0 Å². The molecule has 3 amide bonds. The molecule has 150 valence electrons. The van der Waals surface area contributed by atoms with E-state index in [0.717, 1.165) is 30.2 Å². The minimum atomic E-state index is -1.24. The topological polar surface area (TPSA) is 75.7 Å². The van der Waals surface area contributed by atoms with Crippen LogP contribution in [0.4, 0.5) is 9.18 Å². The first-order valence-electron chi connectivity index (χ1n) is 9.46. The highest BCUT2D eigenvalue weighted by molar-refractivity contribution is 6.11. The van der Waals surface area contributed by atoms with E-state index in [-0.39, 0.29) is 11.3 Å². The summed E-state index contributed by atoms with van der Waals surface area (Å²) in [6.45, 7) is 1.18. The Bertz CT molecular complexity index is 1040. The smallest absolute Gasteiger partial charge is 0.325 e. The highest BCUT2D eigenvalue weighted by Gasteiger charge is 2.49. The lowest BCUT2D eigenvalue weighted by molar-refractivity contribution is -0.130. The number of halogens is 1. The maximum atomic E-state index is 13.9. The fraction of sp³-hybridized carbons (Fsp3) is 0.318. The van der Waals surface area contributed by atoms with Crippen molar-refractivity contribution in [2.75, 3.05) is 13.7 Å². The largest absolute Gasteiger partial charge is 0.494 e. The zero-order chi connectivity index (χ0) is 20.8. The minimum Gasteiger partial charge on any atom is -0.494 e. The molecule has 1 fully saturated rings. The molecule has 2 aromatic carbocycles. The molecule has 2 aromatic rings. The van der Waals surface area contributed by atoms with Crippen molar-refractivity contribution in [3.05, 3.63) is 64.5 Å². The normalized spacial score (nSPS) is 20.6. The second-order valence-electron chi connectivity index (χ2n) is 7.56. The number of imide groups is 1. The summed E-state index contributed by atoms with van der Waals surface area (Å²) in [5, 5.41) is 2.72. The van der Waals surface area contributed by atoms with Gasteiger partial charge in [-0.25, -0.2) is 9.18 Å². The zero-order valence-electron chi connectivity index (χ0n) is 16.3. The summed E-state index contributed by atoms with van der Waals surface area (Å²) in [6, 6.07) is 8.96. The van der Waals surface area contributed by atoms with Crippen LogP contribution in [0, 0.1) is 5.82 Å². The Balaban J connectivity index is 1.56. The predicted octanol–water partition coefficient (Wildman–Crippen LogP) is 2.97. The maximum Gasteiger partial charge on any atom is 0.325 e. The average molecular weight is 396 g/mol. The standard InChI is InChI=1S/C22H21FN2O4/c1-22(16-8-6-13-4-3-5-14(13)10-16)20(27)25(21(28)24-22)12-18(26)15-7-9-19(29-2)17(23)11-15/h6-11H,3-5,12H2,1-2H3,(H,24,28)/t22-/m1/s1. The number of carbonyl (C=O) groups excluding carboxylic acids is 3. The second kappa shape index (κ2) is 6.99. The van der Waals surface area contributed by atoms with E-state index < -0.39 is 35.6 Å². The first kappa shape index (κ1) is 19.1. The number of nitrogens with zero attached hydrogens (tertiary/aromatic N) is 1. The van der Waals surface area contributed by atoms with E-state index in [2.05, 4.69) is 5.32 Å². The van der Waals surface area contributed by atoms with Crippen LogP contribution in [0.1, 0.15) is 40.4 Å². The van der Waals surface area contributed by atoms with Crippen LogP contribution in [-0.2, 0) is 23.2 Å². The van der Waals surface area contributed by atoms with Gasteiger partial charge in [0.25, 0.3) is 5.91 Å². The Morgan fingerprint density at radius 3 is 2.66 bits per heavy atom. The van der Waals surface area contributed by atoms with E-state index >= 15 is 0 Å². The summed E-state index contributed by atoms with van der Waals surface area (Å²) in [5.41, 5.74) is 1.98. The number of fused-ring (bicyclic) bond motifs is 1. The number of ether oxygens (including phenoxy) is 1. The van der Waals surface area contributed by atoms with Gasteiger partial charge < -0.3 is 10.1 Å². The number of carbonyl (C=O) groups is 3. The third kappa shape index (κ3) is 3.16. The van der Waals surface area contributed by atoms with Crippen LogP contribution in [0.15, 0.2) is 36.4 Å². The van der Waals surface area contributed by atoms with Gasteiger partial charge in [-0.2, -0.15) is 0 Å². The Morgan fingerprint density at radius 2 is 1.93 bits per heavy atom. The number of aryl methyl sites for hydroxylation is 2. The second-order valence-corrected chi connectivity index (χ2v) is 7.56. The highest BCUT2D eigenvalue weighted by atomic mass is 19.1. The Morgan fingerprint density at radius 1 is 1.17 bits per heavy atom. The van der Waals surface area contributed by atoms with E-state index in [4.69, 9.17) is 4.74 Å². The molecule has 1 atom stereocenters. The summed E-state index contributed by atoms with van der Waals surface area (Å²) in [6.07, 6.45) is 3.05. The highest BCUT2D eigenvalue weighted by Crippen LogP contribution is 2.32. The van der Waals surface area contributed by atoms with Crippen molar-refractivity contribution in [1.29, 1.82) is 0 Å². The molecule has 0 radical (unpaired) electrons. The van der Waals surface area contributed by atoms with Gasteiger partial charge in [0, 0.05) is 5.56 Å². The lowest BCUT2D eigenvalue weighted by Crippen LogP contribution is -2.41. The lowest BCUT2D eigenvalue weighted by Gasteiger charge is -2.23. The van der Waals surface area contributed by atoms with Gasteiger partial charge in [0.15, 0.2) is 17.3 Å². The molecule has 0 aromatic heterocycles. The van der Waals surface area contributed by atoms with Crippen LogP contribution >= 0.6 is 0 Å². The van der Waals surface area contributed by atoms with E-state index in [1.807, 2.05) is 18.2 Å². The molecule has 0 saturated carbocycles. The minimum absolute atomic E-state index is 0.0146. The molecule has 4 rings (SSSR count). The third-order valence-corrected chi connectivity index (χ3v) is 5.73. The van der Waals surface area contributed by atoms with Gasteiger partial charge in [-0.1, -0.05) is 18.2 Å². The number of amides is 3. The summed E-state index contributed by atoms with van der Waals surface area (Å²) in [4.78, 5) is 39.0. The van der Waals surface area contributed by atoms with Crippen molar-refractivity contribution in [2.24, 2.45) is 0 Å². The first-order chi connectivity index (χ1) is 13.8. The maximum absolute atomic E-state index is 13.9. The summed E-state index contributed by atoms with van der Waals surface area (Å²) >= 11 is 0. The molecule has 1 N–H and O–H groups in total. The van der Waals surface area contributed by atoms with E-state index in [0.29, 0.717) is 5.56 Å². The van der Waals surface area contributed by atoms with Crippen LogP contribution in [0.25, 0.3) is 0 Å². The number of urea groups is 1. The van der Waals surface area contributed by atoms with Gasteiger partial charge in [0.05, 0.1) is 13.7 Å². The van der Waals surface area contributed by atoms with Crippen molar-refractivity contribution in [1.82, 2.24) is 10.2 Å². The van der Waals surface area contributed by atoms with Gasteiger partial charge >= 0.3 is 6.03 Å². The number of rotatable bonds is 5. The summed E-state index contributed by atoms with van der Waals surface area (Å²) in [7, 11) is 1.33. The molecule has 1 aliphatic heterocycles. The molecule has 0 unspecified atom stereocenters. The van der Waals surface area contributed by atoms with Crippen molar-refractivity contribution in [2.45, 2.75) is 31.7 Å². The SMILES string of the molecule is COc1ccc(C(=O)CN2C(=O)N[C@](C)(c3ccc4c(c3)CCC4)C2=O)cc1F. The van der Waals surface area contributed by atoms with Crippen molar-refractivity contribution in [3.63, 3.8) is 0 Å². The fourth-order valence-corrected chi connectivity index (χ4v) is 3.99. The number of ketones is 1. The Labute approximate surface area is 167 Å². The van der Waals surface area contributed by atoms with Crippen molar-refractivity contribution < 1.29 is 23.5 Å². The first-order valence-corrected chi connectivity index (χ1v) is 9.46. The number of benzene rings is 2. The monoisotopic (exact) mass is 396 g/mol. The summed E-state index contributed by atoms with van der Waals surface area (Å²) in [5.74, 6) is -1.70. The van der Waals surface area contributed by atoms with Crippen LogP contribution in [0.5, 0.6) is 5.75 Å². The van der Waals surface area contributed by atoms with Crippen LogP contribution in [-0.4, -0.2) is 36.3 Å². The van der Waals surface area contributed by atoms with Gasteiger partial charge in [-0.05, 0) is 61.1 Å². The van der Waals surface area contributed by atoms with Crippen LogP contribution < -0.4 is 10.1 Å². The Kier molecular flexibility index (Phi) is 4.61. The number of methoxy groups -OCH3 is 1. The van der Waals surface area contributed by atoms with Gasteiger partial charge in [0.2, 0.25) is 0 Å². The predicted molar refractivity (Wildman–Crippen MR) is 103 cm³/mol. The number of hydrogen-bond donors (Lipinski definition) is 1. The third-order valence-electron chi connectivity index (χ3n) is 5.73. The molecule has 1 aliphatic carbocycles. The average Bonchev–Trinajstić information content (AvgIpc) is 3.26. The van der Waals surface area contributed by atoms with Gasteiger partial charge in [0.1, 0.15) is 5.54 Å². The van der Waals surface area contributed by atoms with Gasteiger partial charge in [-0.15, -0.1) is 0 Å². The molecule has 7 heteroatoms. The molecule has 1 heterocycles. The summed E-state index contributed by atoms with van der Waals surface area (Å²) < 4.78 is 18.7. The molecule has 0 spiro atoms. The number of nitrogens with one attached hydrogen (secondary N) is 1. The van der Waals surface area contributed by atoms with Crippen molar-refractivity contribution in [3.8, 4) is 5.75 Å².